The fourth-order valence-electron chi connectivity index (χ4n) is 8.95. The van der Waals surface area contributed by atoms with Gasteiger partial charge in [-0.25, -0.2) is 0 Å². The SMILES string of the molecule is CCCCC(CC)C[Si]1(CC(CC)CCCC)c2cc(C)sc2-c2sc(-c3sc(C)c4c3C(=O)N(CCCCCCOO/C=C\c3ccccc3)C4)cc21. The Hall–Kier alpha value is -2.49. The number of thiophene rings is 3. The van der Waals surface area contributed by atoms with Crippen LogP contribution in [0.25, 0.3) is 25.6 Å². The van der Waals surface area contributed by atoms with Crippen molar-refractivity contribution in [2.24, 2.45) is 11.8 Å². The summed E-state index contributed by atoms with van der Waals surface area (Å²) in [6, 6.07) is 18.1. The molecule has 0 spiro atoms. The molecule has 0 saturated carbocycles. The second-order valence-electron chi connectivity index (χ2n) is 15.9. The fourth-order valence-corrected chi connectivity index (χ4v) is 20.5. The first-order valence-corrected chi connectivity index (χ1v) is 25.9. The summed E-state index contributed by atoms with van der Waals surface area (Å²) in [6.07, 6.45) is 18.1. The minimum absolute atomic E-state index is 0.243. The van der Waals surface area contributed by atoms with Crippen molar-refractivity contribution in [3.8, 4) is 19.5 Å². The summed E-state index contributed by atoms with van der Waals surface area (Å²) in [6.45, 7) is 16.3. The van der Waals surface area contributed by atoms with Crippen molar-refractivity contribution in [3.63, 3.8) is 0 Å². The average molecular weight is 802 g/mol. The molecule has 2 aliphatic heterocycles. The summed E-state index contributed by atoms with van der Waals surface area (Å²) >= 11 is 5.92. The van der Waals surface area contributed by atoms with Crippen LogP contribution in [0.2, 0.25) is 12.1 Å². The van der Waals surface area contributed by atoms with Gasteiger partial charge >= 0.3 is 0 Å². The van der Waals surface area contributed by atoms with E-state index in [2.05, 4.69) is 58.6 Å². The summed E-state index contributed by atoms with van der Waals surface area (Å²) in [5, 5.41) is 3.48. The van der Waals surface area contributed by atoms with E-state index in [0.29, 0.717) is 6.61 Å². The largest absolute Gasteiger partial charge is 0.345 e. The molecule has 0 bridgehead atoms. The van der Waals surface area contributed by atoms with Gasteiger partial charge in [-0.05, 0) is 90.3 Å². The number of rotatable bonds is 23. The van der Waals surface area contributed by atoms with Gasteiger partial charge in [0.05, 0.1) is 17.0 Å². The van der Waals surface area contributed by atoms with Crippen molar-refractivity contribution in [3.05, 3.63) is 75.2 Å². The predicted molar refractivity (Wildman–Crippen MR) is 237 cm³/mol. The zero-order valence-electron chi connectivity index (χ0n) is 33.8. The van der Waals surface area contributed by atoms with Crippen LogP contribution in [0, 0.1) is 25.7 Å². The molecule has 4 aromatic rings. The van der Waals surface area contributed by atoms with E-state index in [9.17, 15) is 4.79 Å². The van der Waals surface area contributed by atoms with Gasteiger partial charge < -0.3 is 9.79 Å². The normalized spacial score (nSPS) is 17.4. The minimum Gasteiger partial charge on any atom is -0.345 e. The molecular weight excluding hydrogens is 739 g/mol. The van der Waals surface area contributed by atoms with E-state index >= 15 is 0 Å². The van der Waals surface area contributed by atoms with Gasteiger partial charge in [0.1, 0.15) is 14.3 Å². The van der Waals surface area contributed by atoms with Gasteiger partial charge in [-0.2, -0.15) is 4.89 Å². The lowest BCUT2D eigenvalue weighted by Gasteiger charge is -2.35. The third-order valence-electron chi connectivity index (χ3n) is 12.1. The number of amides is 1. The van der Waals surface area contributed by atoms with E-state index in [1.54, 1.807) is 26.4 Å². The number of carbonyl (C=O) groups is 1. The molecule has 6 rings (SSSR count). The van der Waals surface area contributed by atoms with Crippen molar-refractivity contribution >= 4 is 64.4 Å². The van der Waals surface area contributed by atoms with Crippen LogP contribution < -0.4 is 10.4 Å². The third kappa shape index (κ3) is 9.20. The Kier molecular flexibility index (Phi) is 14.9. The highest BCUT2D eigenvalue weighted by Gasteiger charge is 2.50. The zero-order valence-corrected chi connectivity index (χ0v) is 37.2. The molecule has 2 unspecified atom stereocenters. The number of benzene rings is 1. The fraction of sp³-hybridized carbons (Fsp3) is 0.543. The van der Waals surface area contributed by atoms with Gasteiger partial charge in [-0.1, -0.05) is 122 Å². The Morgan fingerprint density at radius 3 is 2.15 bits per heavy atom. The highest BCUT2D eigenvalue weighted by molar-refractivity contribution is 7.32. The van der Waals surface area contributed by atoms with E-state index < -0.39 is 8.07 Å². The van der Waals surface area contributed by atoms with Gasteiger partial charge in [0.2, 0.25) is 0 Å². The molecule has 4 nitrogen and oxygen atoms in total. The van der Waals surface area contributed by atoms with E-state index in [4.69, 9.17) is 9.78 Å². The molecule has 0 N–H and O–H groups in total. The standard InChI is InChI=1S/C46H63NO3S3Si/c1-7-11-20-35(9-3)31-54(32-36(10-4)21-12-8-2)40-28-33(5)51-44(40)45-41(54)29-39(53-45)43-42-38(34(6)52-43)30-47(46(42)48)25-18-13-14-19-26-49-50-27-24-37-22-16-15-17-23-37/h15-17,22-24,27-29,35-36H,7-14,18-21,25-26,30-32H2,1-6H3/b27-24-. The Morgan fingerprint density at radius 2 is 1.46 bits per heavy atom. The zero-order chi connectivity index (χ0) is 38.1. The summed E-state index contributed by atoms with van der Waals surface area (Å²) in [5.41, 5.74) is 3.36. The van der Waals surface area contributed by atoms with Gasteiger partial charge in [0, 0.05) is 37.5 Å². The van der Waals surface area contributed by atoms with E-state index in [1.165, 1.54) is 88.5 Å². The lowest BCUT2D eigenvalue weighted by atomic mass is 10.0. The Morgan fingerprint density at radius 1 is 0.796 bits per heavy atom. The lowest BCUT2D eigenvalue weighted by molar-refractivity contribution is -0.248. The molecule has 292 valence electrons. The number of unbranched alkanes of at least 4 members (excludes halogenated alkanes) is 5. The maximum absolute atomic E-state index is 14.2. The molecular formula is C46H63NO3S3Si. The van der Waals surface area contributed by atoms with Crippen molar-refractivity contribution in [2.45, 2.75) is 137 Å². The summed E-state index contributed by atoms with van der Waals surface area (Å²) < 4.78 is 0. The first-order valence-electron chi connectivity index (χ1n) is 21.0. The first kappa shape index (κ1) is 41.1. The topological polar surface area (TPSA) is 38.8 Å². The maximum Gasteiger partial charge on any atom is 0.256 e. The maximum atomic E-state index is 14.2. The number of hydrogen-bond donors (Lipinski definition) is 0. The quantitative estimate of drug-likeness (QED) is 0.0247. The predicted octanol–water partition coefficient (Wildman–Crippen LogP) is 13.3. The van der Waals surface area contributed by atoms with Crippen LogP contribution in [0.15, 0.2) is 48.7 Å². The van der Waals surface area contributed by atoms with Gasteiger partial charge in [-0.15, -0.1) is 34.0 Å². The van der Waals surface area contributed by atoms with Crippen LogP contribution in [-0.4, -0.2) is 32.0 Å². The smallest absolute Gasteiger partial charge is 0.256 e. The average Bonchev–Trinajstić information content (AvgIpc) is 3.98. The van der Waals surface area contributed by atoms with Crippen LogP contribution in [-0.2, 0) is 16.3 Å². The minimum atomic E-state index is -2.02. The van der Waals surface area contributed by atoms with Gasteiger partial charge in [0.25, 0.3) is 5.91 Å². The Labute approximate surface area is 338 Å². The summed E-state index contributed by atoms with van der Waals surface area (Å²) in [5.74, 6) is 1.81. The molecule has 0 aliphatic carbocycles. The highest BCUT2D eigenvalue weighted by atomic mass is 32.1. The molecule has 3 aromatic heterocycles. The summed E-state index contributed by atoms with van der Waals surface area (Å²) in [4.78, 5) is 35.3. The number of fused-ring (bicyclic) bond motifs is 4. The molecule has 8 heteroatoms. The first-order chi connectivity index (χ1) is 26.3. The second-order valence-corrected chi connectivity index (χ2v) is 23.5. The van der Waals surface area contributed by atoms with Crippen LogP contribution in [0.3, 0.4) is 0 Å². The van der Waals surface area contributed by atoms with E-state index in [1.807, 2.05) is 70.4 Å². The molecule has 1 amide bonds. The molecule has 2 aliphatic rings. The highest BCUT2D eigenvalue weighted by Crippen LogP contribution is 2.50. The number of hydrogen-bond acceptors (Lipinski definition) is 6. The third-order valence-corrected chi connectivity index (χ3v) is 21.5. The molecule has 2 atom stereocenters. The molecule has 54 heavy (non-hydrogen) atoms. The van der Waals surface area contributed by atoms with Crippen LogP contribution in [0.1, 0.15) is 136 Å². The van der Waals surface area contributed by atoms with Crippen molar-refractivity contribution in [1.82, 2.24) is 4.90 Å². The monoisotopic (exact) mass is 801 g/mol. The molecule has 0 fully saturated rings. The van der Waals surface area contributed by atoms with Crippen molar-refractivity contribution < 1.29 is 14.6 Å². The Bertz CT molecular complexity index is 1820. The molecule has 0 saturated heterocycles. The van der Waals surface area contributed by atoms with E-state index in [-0.39, 0.29) is 5.91 Å². The molecule has 5 heterocycles. The van der Waals surface area contributed by atoms with Crippen LogP contribution in [0.5, 0.6) is 0 Å². The van der Waals surface area contributed by atoms with Crippen molar-refractivity contribution in [1.29, 1.82) is 0 Å². The second kappa shape index (κ2) is 19.6. The van der Waals surface area contributed by atoms with Gasteiger partial charge in [-0.3, -0.25) is 4.79 Å². The molecule has 1 aromatic carbocycles. The molecule has 0 radical (unpaired) electrons. The van der Waals surface area contributed by atoms with Gasteiger partial charge in [0.15, 0.2) is 0 Å². The Balaban J connectivity index is 1.15. The van der Waals surface area contributed by atoms with E-state index in [0.717, 1.165) is 61.7 Å². The van der Waals surface area contributed by atoms with Crippen LogP contribution in [0.4, 0.5) is 0 Å². The number of aryl methyl sites for hydroxylation is 2. The number of carbonyl (C=O) groups excluding carboxylic acids is 1. The van der Waals surface area contributed by atoms with Crippen LogP contribution >= 0.6 is 34.0 Å². The lowest BCUT2D eigenvalue weighted by Crippen LogP contribution is -2.56. The van der Waals surface area contributed by atoms with Crippen molar-refractivity contribution in [2.75, 3.05) is 13.2 Å². The summed E-state index contributed by atoms with van der Waals surface area (Å²) in [7, 11) is -2.02. The number of nitrogens with zero attached hydrogens (tertiary/aromatic N) is 1.